The molecule has 0 spiro atoms. The second-order valence-electron chi connectivity index (χ2n) is 3.90. The molecule has 0 aliphatic heterocycles. The molecular formula is C11H17N3O3S. The predicted molar refractivity (Wildman–Crippen MR) is 69.3 cm³/mol. The normalized spacial score (nSPS) is 12.0. The molecule has 0 bridgehead atoms. The van der Waals surface area contributed by atoms with Gasteiger partial charge < -0.3 is 15.1 Å². The van der Waals surface area contributed by atoms with Crippen LogP contribution in [-0.4, -0.2) is 28.6 Å². The van der Waals surface area contributed by atoms with Gasteiger partial charge in [-0.15, -0.1) is 0 Å². The van der Waals surface area contributed by atoms with Crippen molar-refractivity contribution in [2.24, 2.45) is 0 Å². The first-order valence-electron chi connectivity index (χ1n) is 5.52. The standard InChI is InChI=1S/C11H17N3O3S/c1-6-7(2)17-10(13-6)4-12-11(16)9(5-18)14-8(3)15/h9,18H,4-5H2,1-3H3,(H,12,16)(H,14,15). The number of hydrogen-bond donors (Lipinski definition) is 3. The topological polar surface area (TPSA) is 84.2 Å². The minimum atomic E-state index is -0.650. The molecule has 0 aromatic carbocycles. The fourth-order valence-corrected chi connectivity index (χ4v) is 1.60. The lowest BCUT2D eigenvalue weighted by Crippen LogP contribution is -2.47. The quantitative estimate of drug-likeness (QED) is 0.674. The minimum absolute atomic E-state index is 0.192. The molecule has 0 saturated heterocycles. The Balaban J connectivity index is 2.51. The molecule has 1 rings (SSSR count). The van der Waals surface area contributed by atoms with Crippen LogP contribution in [0, 0.1) is 13.8 Å². The molecule has 0 aliphatic carbocycles. The van der Waals surface area contributed by atoms with E-state index >= 15 is 0 Å². The van der Waals surface area contributed by atoms with E-state index in [4.69, 9.17) is 4.42 Å². The zero-order chi connectivity index (χ0) is 13.7. The van der Waals surface area contributed by atoms with E-state index in [1.165, 1.54) is 6.92 Å². The van der Waals surface area contributed by atoms with Crippen molar-refractivity contribution in [2.75, 3.05) is 5.75 Å². The van der Waals surface area contributed by atoms with Gasteiger partial charge in [-0.2, -0.15) is 12.6 Å². The highest BCUT2D eigenvalue weighted by atomic mass is 32.1. The number of aromatic nitrogens is 1. The number of aryl methyl sites for hydroxylation is 2. The summed E-state index contributed by atoms with van der Waals surface area (Å²) in [6.45, 7) is 5.18. The molecule has 1 unspecified atom stereocenters. The zero-order valence-electron chi connectivity index (χ0n) is 10.6. The van der Waals surface area contributed by atoms with Crippen LogP contribution in [0.2, 0.25) is 0 Å². The fourth-order valence-electron chi connectivity index (χ4n) is 1.34. The van der Waals surface area contributed by atoms with Gasteiger partial charge in [0.15, 0.2) is 0 Å². The van der Waals surface area contributed by atoms with Gasteiger partial charge in [0.2, 0.25) is 17.7 Å². The molecule has 2 N–H and O–H groups in total. The van der Waals surface area contributed by atoms with Gasteiger partial charge in [-0.05, 0) is 13.8 Å². The number of carbonyl (C=O) groups excluding carboxylic acids is 2. The molecule has 7 heteroatoms. The van der Waals surface area contributed by atoms with E-state index in [1.54, 1.807) is 0 Å². The number of rotatable bonds is 5. The molecule has 1 aromatic heterocycles. The molecule has 100 valence electrons. The highest BCUT2D eigenvalue weighted by Crippen LogP contribution is 2.07. The van der Waals surface area contributed by atoms with Gasteiger partial charge in [0.05, 0.1) is 12.2 Å². The first-order valence-corrected chi connectivity index (χ1v) is 6.16. The number of carbonyl (C=O) groups is 2. The van der Waals surface area contributed by atoms with Crippen LogP contribution in [0.3, 0.4) is 0 Å². The van der Waals surface area contributed by atoms with Gasteiger partial charge >= 0.3 is 0 Å². The largest absolute Gasteiger partial charge is 0.444 e. The van der Waals surface area contributed by atoms with Crippen molar-refractivity contribution in [1.82, 2.24) is 15.6 Å². The summed E-state index contributed by atoms with van der Waals surface area (Å²) >= 11 is 4.02. The molecule has 2 amide bonds. The van der Waals surface area contributed by atoms with Crippen molar-refractivity contribution >= 4 is 24.4 Å². The van der Waals surface area contributed by atoms with Crippen LogP contribution in [0.5, 0.6) is 0 Å². The van der Waals surface area contributed by atoms with Crippen LogP contribution in [0.4, 0.5) is 0 Å². The van der Waals surface area contributed by atoms with Crippen LogP contribution >= 0.6 is 12.6 Å². The summed E-state index contributed by atoms with van der Waals surface area (Å²) in [5.74, 6) is 0.821. The lowest BCUT2D eigenvalue weighted by atomic mass is 10.3. The predicted octanol–water partition coefficient (Wildman–Crippen LogP) is 0.342. The second-order valence-corrected chi connectivity index (χ2v) is 4.27. The summed E-state index contributed by atoms with van der Waals surface area (Å²) in [4.78, 5) is 26.8. The molecule has 1 atom stereocenters. The van der Waals surface area contributed by atoms with E-state index in [1.807, 2.05) is 13.8 Å². The third-order valence-electron chi connectivity index (χ3n) is 2.36. The molecule has 18 heavy (non-hydrogen) atoms. The van der Waals surface area contributed by atoms with Crippen molar-refractivity contribution in [1.29, 1.82) is 0 Å². The first-order chi connectivity index (χ1) is 8.43. The van der Waals surface area contributed by atoms with Crippen LogP contribution < -0.4 is 10.6 Å². The third-order valence-corrected chi connectivity index (χ3v) is 2.73. The molecule has 0 aliphatic rings. The van der Waals surface area contributed by atoms with Crippen molar-refractivity contribution in [3.05, 3.63) is 17.3 Å². The number of nitrogens with one attached hydrogen (secondary N) is 2. The fraction of sp³-hybridized carbons (Fsp3) is 0.545. The average molecular weight is 271 g/mol. The van der Waals surface area contributed by atoms with Gasteiger partial charge in [0.1, 0.15) is 11.8 Å². The van der Waals surface area contributed by atoms with Gasteiger partial charge in [-0.1, -0.05) is 0 Å². The van der Waals surface area contributed by atoms with Crippen molar-refractivity contribution in [3.63, 3.8) is 0 Å². The van der Waals surface area contributed by atoms with E-state index in [-0.39, 0.29) is 24.1 Å². The van der Waals surface area contributed by atoms with Crippen molar-refractivity contribution < 1.29 is 14.0 Å². The van der Waals surface area contributed by atoms with E-state index < -0.39 is 6.04 Å². The lowest BCUT2D eigenvalue weighted by molar-refractivity contribution is -0.127. The Labute approximate surface area is 111 Å². The summed E-state index contributed by atoms with van der Waals surface area (Å²) in [5, 5.41) is 5.14. The van der Waals surface area contributed by atoms with E-state index in [0.717, 1.165) is 11.5 Å². The highest BCUT2D eigenvalue weighted by Gasteiger charge is 2.18. The Morgan fingerprint density at radius 3 is 2.56 bits per heavy atom. The molecule has 0 fully saturated rings. The van der Waals surface area contributed by atoms with Crippen LogP contribution in [0.15, 0.2) is 4.42 Å². The van der Waals surface area contributed by atoms with E-state index in [2.05, 4.69) is 28.2 Å². The summed E-state index contributed by atoms with van der Waals surface area (Å²) in [5.41, 5.74) is 0.798. The molecule has 1 heterocycles. The Morgan fingerprint density at radius 2 is 2.11 bits per heavy atom. The molecule has 1 aromatic rings. The van der Waals surface area contributed by atoms with Crippen molar-refractivity contribution in [3.8, 4) is 0 Å². The number of thiol groups is 1. The molecular weight excluding hydrogens is 254 g/mol. The summed E-state index contributed by atoms with van der Waals surface area (Å²) < 4.78 is 5.33. The van der Waals surface area contributed by atoms with Gasteiger partial charge in [-0.3, -0.25) is 9.59 Å². The molecule has 0 radical (unpaired) electrons. The maximum atomic E-state index is 11.7. The Kier molecular flexibility index (Phi) is 5.21. The lowest BCUT2D eigenvalue weighted by Gasteiger charge is -2.14. The number of nitrogens with zero attached hydrogens (tertiary/aromatic N) is 1. The monoisotopic (exact) mass is 271 g/mol. The van der Waals surface area contributed by atoms with E-state index in [0.29, 0.717) is 5.89 Å². The zero-order valence-corrected chi connectivity index (χ0v) is 11.5. The average Bonchev–Trinajstić information content (AvgIpc) is 2.62. The minimum Gasteiger partial charge on any atom is -0.444 e. The van der Waals surface area contributed by atoms with Gasteiger partial charge in [0.25, 0.3) is 0 Å². The van der Waals surface area contributed by atoms with Crippen molar-refractivity contribution in [2.45, 2.75) is 33.4 Å². The maximum Gasteiger partial charge on any atom is 0.243 e. The van der Waals surface area contributed by atoms with Gasteiger partial charge in [0, 0.05) is 12.7 Å². The second kappa shape index (κ2) is 6.44. The number of oxazole rings is 1. The first kappa shape index (κ1) is 14.6. The van der Waals surface area contributed by atoms with Crippen LogP contribution in [-0.2, 0) is 16.1 Å². The Hall–Kier alpha value is -1.50. The SMILES string of the molecule is CC(=O)NC(CS)C(=O)NCc1nc(C)c(C)o1. The molecule has 6 nitrogen and oxygen atoms in total. The highest BCUT2D eigenvalue weighted by molar-refractivity contribution is 7.80. The Morgan fingerprint density at radius 1 is 1.44 bits per heavy atom. The maximum absolute atomic E-state index is 11.7. The third kappa shape index (κ3) is 4.06. The number of amides is 2. The van der Waals surface area contributed by atoms with E-state index in [9.17, 15) is 9.59 Å². The summed E-state index contributed by atoms with van der Waals surface area (Å²) in [6, 6.07) is -0.650. The van der Waals surface area contributed by atoms with Gasteiger partial charge in [-0.25, -0.2) is 4.98 Å². The molecule has 0 saturated carbocycles. The number of hydrogen-bond acceptors (Lipinski definition) is 5. The summed E-state index contributed by atoms with van der Waals surface area (Å²) in [6.07, 6.45) is 0. The van der Waals surface area contributed by atoms with Crippen LogP contribution in [0.25, 0.3) is 0 Å². The smallest absolute Gasteiger partial charge is 0.243 e. The van der Waals surface area contributed by atoms with Crippen LogP contribution in [0.1, 0.15) is 24.3 Å². The Bertz CT molecular complexity index is 425. The summed E-state index contributed by atoms with van der Waals surface area (Å²) in [7, 11) is 0.